The number of nitrogens with zero attached hydrogens (tertiary/aromatic N) is 2. The van der Waals surface area contributed by atoms with Crippen LogP contribution in [0.5, 0.6) is 0 Å². The second-order valence-electron chi connectivity index (χ2n) is 6.20. The van der Waals surface area contributed by atoms with E-state index in [1.54, 1.807) is 13.2 Å². The molecule has 0 aliphatic carbocycles. The normalized spacial score (nSPS) is 10.9. The first-order chi connectivity index (χ1) is 14.2. The minimum Gasteiger partial charge on any atom is -0.359 e. The van der Waals surface area contributed by atoms with E-state index in [2.05, 4.69) is 20.6 Å². The number of unbranched alkanes of at least 4 members (excludes halogenated alkanes) is 1. The van der Waals surface area contributed by atoms with E-state index >= 15 is 0 Å². The molecule has 29 heavy (non-hydrogen) atoms. The molecular weight excluding hydrogens is 404 g/mol. The highest BCUT2D eigenvalue weighted by atomic mass is 32.1. The van der Waals surface area contributed by atoms with Gasteiger partial charge in [-0.25, -0.2) is 9.97 Å². The van der Waals surface area contributed by atoms with E-state index < -0.39 is 0 Å². The van der Waals surface area contributed by atoms with Gasteiger partial charge in [-0.05, 0) is 24.5 Å². The Morgan fingerprint density at radius 3 is 2.66 bits per heavy atom. The monoisotopic (exact) mass is 426 g/mol. The van der Waals surface area contributed by atoms with Crippen LogP contribution in [-0.4, -0.2) is 35.4 Å². The number of carbonyl (C=O) groups excluding carboxylic acids is 2. The number of aromatic nitrogens is 2. The van der Waals surface area contributed by atoms with Crippen LogP contribution in [0.1, 0.15) is 40.2 Å². The first-order valence-electron chi connectivity index (χ1n) is 9.30. The molecule has 2 amide bonds. The second-order valence-corrected chi connectivity index (χ2v) is 8.12. The van der Waals surface area contributed by atoms with Crippen LogP contribution in [0.2, 0.25) is 0 Å². The average Bonchev–Trinajstić information content (AvgIpc) is 3.42. The van der Waals surface area contributed by atoms with Gasteiger partial charge in [-0.3, -0.25) is 9.59 Å². The molecule has 2 heterocycles. The molecule has 0 aliphatic heterocycles. The highest BCUT2D eigenvalue weighted by Gasteiger charge is 2.18. The topological polar surface area (TPSA) is 84.0 Å². The van der Waals surface area contributed by atoms with E-state index in [9.17, 15) is 9.59 Å². The summed E-state index contributed by atoms with van der Waals surface area (Å²) in [6, 6.07) is 9.92. The zero-order chi connectivity index (χ0) is 20.5. The van der Waals surface area contributed by atoms with Crippen LogP contribution in [0, 0.1) is 0 Å². The predicted molar refractivity (Wildman–Crippen MR) is 119 cm³/mol. The van der Waals surface area contributed by atoms with Crippen LogP contribution in [0.25, 0.3) is 22.2 Å². The van der Waals surface area contributed by atoms with Gasteiger partial charge in [-0.2, -0.15) is 0 Å². The third kappa shape index (κ3) is 6.07. The quantitative estimate of drug-likeness (QED) is 0.505. The molecule has 3 rings (SSSR count). The van der Waals surface area contributed by atoms with Gasteiger partial charge in [0.25, 0.3) is 5.91 Å². The lowest BCUT2D eigenvalue weighted by atomic mass is 10.2. The lowest BCUT2D eigenvalue weighted by Gasteiger charge is -2.04. The van der Waals surface area contributed by atoms with E-state index in [0.717, 1.165) is 33.3 Å². The molecular formula is C21H22N4O2S2. The Labute approximate surface area is 177 Å². The number of carbonyl (C=O) groups is 2. The van der Waals surface area contributed by atoms with Crippen molar-refractivity contribution in [3.8, 4) is 10.0 Å². The molecule has 2 aromatic heterocycles. The molecule has 1 aromatic carbocycles. The Bertz CT molecular complexity index is 966. The lowest BCUT2D eigenvalue weighted by Crippen LogP contribution is -2.25. The molecule has 150 valence electrons. The van der Waals surface area contributed by atoms with Gasteiger partial charge in [-0.1, -0.05) is 36.4 Å². The third-order valence-corrected chi connectivity index (χ3v) is 6.04. The van der Waals surface area contributed by atoms with Gasteiger partial charge in [0.05, 0.1) is 4.88 Å². The molecule has 0 saturated carbocycles. The van der Waals surface area contributed by atoms with Crippen molar-refractivity contribution >= 4 is 46.6 Å². The van der Waals surface area contributed by atoms with Gasteiger partial charge in [0, 0.05) is 31.6 Å². The van der Waals surface area contributed by atoms with Crippen molar-refractivity contribution in [3.05, 3.63) is 58.0 Å². The van der Waals surface area contributed by atoms with Crippen molar-refractivity contribution < 1.29 is 9.59 Å². The van der Waals surface area contributed by atoms with Crippen molar-refractivity contribution in [1.29, 1.82) is 0 Å². The molecule has 0 spiro atoms. The second kappa shape index (κ2) is 10.6. The Kier molecular flexibility index (Phi) is 7.66. The Balaban J connectivity index is 1.71. The number of benzene rings is 1. The fourth-order valence-electron chi connectivity index (χ4n) is 2.59. The van der Waals surface area contributed by atoms with E-state index in [1.165, 1.54) is 22.7 Å². The summed E-state index contributed by atoms with van der Waals surface area (Å²) >= 11 is 2.95. The van der Waals surface area contributed by atoms with Crippen LogP contribution in [0.3, 0.4) is 0 Å². The summed E-state index contributed by atoms with van der Waals surface area (Å²) < 4.78 is 0. The molecule has 2 N–H and O–H groups in total. The first-order valence-corrected chi connectivity index (χ1v) is 11.0. The molecule has 8 heteroatoms. The van der Waals surface area contributed by atoms with Crippen molar-refractivity contribution in [2.24, 2.45) is 0 Å². The summed E-state index contributed by atoms with van der Waals surface area (Å²) in [7, 11) is 1.62. The Morgan fingerprint density at radius 1 is 1.10 bits per heavy atom. The van der Waals surface area contributed by atoms with E-state index in [-0.39, 0.29) is 11.8 Å². The maximum Gasteiger partial charge on any atom is 0.271 e. The van der Waals surface area contributed by atoms with Gasteiger partial charge in [0.15, 0.2) is 10.0 Å². The van der Waals surface area contributed by atoms with Gasteiger partial charge >= 0.3 is 0 Å². The number of hydrogen-bond donors (Lipinski definition) is 2. The fourth-order valence-corrected chi connectivity index (χ4v) is 4.23. The van der Waals surface area contributed by atoms with Gasteiger partial charge in [-0.15, -0.1) is 22.7 Å². The van der Waals surface area contributed by atoms with Crippen molar-refractivity contribution in [2.75, 3.05) is 13.6 Å². The smallest absolute Gasteiger partial charge is 0.271 e. The van der Waals surface area contributed by atoms with Crippen LogP contribution in [0.15, 0.2) is 41.9 Å². The number of thiazole rings is 2. The number of rotatable bonds is 9. The minimum absolute atomic E-state index is 0.0113. The van der Waals surface area contributed by atoms with Crippen LogP contribution in [-0.2, 0) is 4.79 Å². The van der Waals surface area contributed by atoms with Crippen LogP contribution < -0.4 is 10.6 Å². The van der Waals surface area contributed by atoms with Crippen molar-refractivity contribution in [2.45, 2.75) is 19.3 Å². The summed E-state index contributed by atoms with van der Waals surface area (Å²) in [6.45, 7) is 0.502. The fraction of sp³-hybridized carbons (Fsp3) is 0.238. The number of hydrogen-bond acceptors (Lipinski definition) is 6. The highest BCUT2D eigenvalue weighted by molar-refractivity contribution is 7.21. The van der Waals surface area contributed by atoms with Crippen molar-refractivity contribution in [3.63, 3.8) is 0 Å². The van der Waals surface area contributed by atoms with Gasteiger partial charge < -0.3 is 10.6 Å². The summed E-state index contributed by atoms with van der Waals surface area (Å²) in [6.07, 6.45) is 7.54. The SMILES string of the molecule is CNC(=O)CCCCNC(=O)c1nc(-c2nccs2)sc1C=Cc1ccccc1. The summed E-state index contributed by atoms with van der Waals surface area (Å²) in [5, 5.41) is 8.93. The van der Waals surface area contributed by atoms with Gasteiger partial charge in [0.2, 0.25) is 5.91 Å². The zero-order valence-electron chi connectivity index (χ0n) is 16.1. The maximum atomic E-state index is 12.7. The Hall–Kier alpha value is -2.84. The predicted octanol–water partition coefficient (Wildman–Crippen LogP) is 4.08. The molecule has 0 bridgehead atoms. The third-order valence-electron chi connectivity index (χ3n) is 4.11. The molecule has 0 radical (unpaired) electrons. The molecule has 3 aromatic rings. The average molecular weight is 427 g/mol. The van der Waals surface area contributed by atoms with Gasteiger partial charge in [0.1, 0.15) is 5.69 Å². The highest BCUT2D eigenvalue weighted by Crippen LogP contribution is 2.30. The summed E-state index contributed by atoms with van der Waals surface area (Å²) in [5.41, 5.74) is 1.45. The Morgan fingerprint density at radius 2 is 1.93 bits per heavy atom. The van der Waals surface area contributed by atoms with Crippen LogP contribution in [0.4, 0.5) is 0 Å². The number of amides is 2. The lowest BCUT2D eigenvalue weighted by molar-refractivity contribution is -0.120. The molecule has 0 atom stereocenters. The first kappa shape index (κ1) is 20.9. The summed E-state index contributed by atoms with van der Waals surface area (Å²) in [4.78, 5) is 33.6. The zero-order valence-corrected chi connectivity index (χ0v) is 17.7. The summed E-state index contributed by atoms with van der Waals surface area (Å²) in [5.74, 6) is -0.200. The largest absolute Gasteiger partial charge is 0.359 e. The number of nitrogens with one attached hydrogen (secondary N) is 2. The molecule has 0 saturated heterocycles. The van der Waals surface area contributed by atoms with E-state index in [0.29, 0.717) is 18.7 Å². The molecule has 6 nitrogen and oxygen atoms in total. The molecule has 0 aliphatic rings. The molecule has 0 unspecified atom stereocenters. The van der Waals surface area contributed by atoms with Crippen molar-refractivity contribution in [1.82, 2.24) is 20.6 Å². The maximum absolute atomic E-state index is 12.7. The molecule has 0 fully saturated rings. The van der Waals surface area contributed by atoms with E-state index in [1.807, 2.05) is 47.9 Å². The van der Waals surface area contributed by atoms with E-state index in [4.69, 9.17) is 0 Å². The standard InChI is InChI=1S/C21H22N4O2S2/c1-22-17(26)9-5-6-12-23-19(27)18-16(11-10-15-7-3-2-4-8-15)29-21(25-18)20-24-13-14-28-20/h2-4,7-8,10-11,13-14H,5-6,9,12H2,1H3,(H,22,26)(H,23,27). The van der Waals surface area contributed by atoms with Crippen LogP contribution >= 0.6 is 22.7 Å². The minimum atomic E-state index is -0.211.